The highest BCUT2D eigenvalue weighted by molar-refractivity contribution is 5.93. The third-order valence-corrected chi connectivity index (χ3v) is 6.56. The molecule has 1 amide bonds. The number of nitrogens with one attached hydrogen (secondary N) is 1. The highest BCUT2D eigenvalue weighted by atomic mass is 19.1. The Labute approximate surface area is 188 Å². The number of ether oxygens (including phenoxy) is 1. The minimum atomic E-state index is -0.341. The maximum atomic E-state index is 14.0. The predicted octanol–water partition coefficient (Wildman–Crippen LogP) is 3.36. The molecule has 2 saturated heterocycles. The lowest BCUT2D eigenvalue weighted by Crippen LogP contribution is -2.44. The van der Waals surface area contributed by atoms with Crippen LogP contribution in [0.25, 0.3) is 0 Å². The van der Waals surface area contributed by atoms with Gasteiger partial charge >= 0.3 is 0 Å². The van der Waals surface area contributed by atoms with Crippen LogP contribution in [0.15, 0.2) is 41.2 Å². The van der Waals surface area contributed by atoms with E-state index in [0.29, 0.717) is 25.6 Å². The van der Waals surface area contributed by atoms with Gasteiger partial charge in [0.1, 0.15) is 11.4 Å². The number of piperidine rings is 1. The number of H-pyrrole nitrogens is 1. The number of carbonyl (C=O) groups excluding carboxylic acids is 1. The topological polar surface area (TPSA) is 65.6 Å². The molecule has 0 radical (unpaired) electrons. The van der Waals surface area contributed by atoms with E-state index < -0.39 is 0 Å². The quantitative estimate of drug-likeness (QED) is 0.716. The van der Waals surface area contributed by atoms with Gasteiger partial charge in [0.25, 0.3) is 11.5 Å². The molecule has 0 saturated carbocycles. The number of carbonyl (C=O) groups is 1. The third-order valence-electron chi connectivity index (χ3n) is 6.56. The first-order valence-electron chi connectivity index (χ1n) is 11.6. The van der Waals surface area contributed by atoms with Crippen LogP contribution in [0.2, 0.25) is 0 Å². The molecule has 2 fully saturated rings. The molecule has 0 aliphatic carbocycles. The Bertz CT molecular complexity index is 978. The Morgan fingerprint density at radius 2 is 1.94 bits per heavy atom. The van der Waals surface area contributed by atoms with Crippen LogP contribution < -0.4 is 5.56 Å². The Kier molecular flexibility index (Phi) is 7.37. The molecule has 4 rings (SSSR count). The summed E-state index contributed by atoms with van der Waals surface area (Å²) in [7, 11) is 0. The number of halogens is 1. The largest absolute Gasteiger partial charge is 0.376 e. The summed E-state index contributed by atoms with van der Waals surface area (Å²) in [6.07, 6.45) is 3.85. The molecule has 2 aliphatic heterocycles. The second-order valence-electron chi connectivity index (χ2n) is 9.04. The first-order valence-corrected chi connectivity index (χ1v) is 11.6. The van der Waals surface area contributed by atoms with Crippen molar-refractivity contribution in [3.05, 3.63) is 69.4 Å². The molecule has 1 N–H and O–H groups in total. The lowest BCUT2D eigenvalue weighted by Gasteiger charge is -2.35. The monoisotopic (exact) mass is 441 g/mol. The van der Waals surface area contributed by atoms with E-state index in [2.05, 4.69) is 9.88 Å². The van der Waals surface area contributed by atoms with Crippen LogP contribution in [-0.4, -0.2) is 59.6 Å². The van der Waals surface area contributed by atoms with Crippen molar-refractivity contribution in [2.75, 3.05) is 32.8 Å². The summed E-state index contributed by atoms with van der Waals surface area (Å²) < 4.78 is 19.8. The molecule has 172 valence electrons. The summed E-state index contributed by atoms with van der Waals surface area (Å²) >= 11 is 0. The van der Waals surface area contributed by atoms with Crippen molar-refractivity contribution in [3.63, 3.8) is 0 Å². The standard InChI is InChI=1S/C25H32FN3O3/c1-18-8-9-22(24(30)27-18)25(31)29(17-21-6-4-14-32-21)15-19-10-12-28(13-11-19)16-20-5-2-3-7-23(20)26/h2-3,5,7-9,19,21H,4,6,10-17H2,1H3,(H,27,30)/t21-/m1/s1. The van der Waals surface area contributed by atoms with E-state index in [1.54, 1.807) is 25.1 Å². The van der Waals surface area contributed by atoms with E-state index in [9.17, 15) is 14.0 Å². The molecule has 0 unspecified atom stereocenters. The van der Waals surface area contributed by atoms with Gasteiger partial charge in [0, 0.05) is 37.5 Å². The molecular weight excluding hydrogens is 409 g/mol. The molecule has 1 atom stereocenters. The molecule has 1 aromatic carbocycles. The van der Waals surface area contributed by atoms with Crippen LogP contribution >= 0.6 is 0 Å². The van der Waals surface area contributed by atoms with Gasteiger partial charge in [0.05, 0.1) is 6.10 Å². The summed E-state index contributed by atoms with van der Waals surface area (Å²) in [6.45, 7) is 6.00. The van der Waals surface area contributed by atoms with Gasteiger partial charge in [-0.3, -0.25) is 14.5 Å². The van der Waals surface area contributed by atoms with Gasteiger partial charge in [-0.1, -0.05) is 18.2 Å². The molecular formula is C25H32FN3O3. The lowest BCUT2D eigenvalue weighted by atomic mass is 9.95. The average Bonchev–Trinajstić information content (AvgIpc) is 3.29. The Hall–Kier alpha value is -2.51. The summed E-state index contributed by atoms with van der Waals surface area (Å²) in [5.74, 6) is -0.0384. The van der Waals surface area contributed by atoms with Crippen molar-refractivity contribution in [2.45, 2.75) is 45.3 Å². The molecule has 32 heavy (non-hydrogen) atoms. The van der Waals surface area contributed by atoms with E-state index in [0.717, 1.165) is 56.6 Å². The molecule has 0 bridgehead atoms. The van der Waals surface area contributed by atoms with Gasteiger partial charge in [-0.05, 0) is 69.8 Å². The van der Waals surface area contributed by atoms with Crippen LogP contribution in [0, 0.1) is 18.7 Å². The van der Waals surface area contributed by atoms with Crippen LogP contribution in [0.1, 0.15) is 47.3 Å². The number of rotatable bonds is 7. The fourth-order valence-corrected chi connectivity index (χ4v) is 4.69. The Morgan fingerprint density at radius 3 is 2.62 bits per heavy atom. The second-order valence-corrected chi connectivity index (χ2v) is 9.04. The second kappa shape index (κ2) is 10.4. The number of aromatic amines is 1. The number of aryl methyl sites for hydroxylation is 1. The zero-order valence-corrected chi connectivity index (χ0v) is 18.7. The zero-order valence-electron chi connectivity index (χ0n) is 18.7. The fraction of sp³-hybridized carbons (Fsp3) is 0.520. The van der Waals surface area contributed by atoms with E-state index in [1.807, 2.05) is 17.0 Å². The van der Waals surface area contributed by atoms with Crippen molar-refractivity contribution in [1.29, 1.82) is 0 Å². The van der Waals surface area contributed by atoms with Crippen LogP contribution in [0.3, 0.4) is 0 Å². The number of likely N-dealkylation sites (tertiary alicyclic amines) is 1. The van der Waals surface area contributed by atoms with Crippen LogP contribution in [-0.2, 0) is 11.3 Å². The first-order chi connectivity index (χ1) is 15.5. The molecule has 0 spiro atoms. The van der Waals surface area contributed by atoms with E-state index in [-0.39, 0.29) is 29.0 Å². The van der Waals surface area contributed by atoms with Gasteiger partial charge in [-0.25, -0.2) is 4.39 Å². The first kappa shape index (κ1) is 22.7. The summed E-state index contributed by atoms with van der Waals surface area (Å²) in [4.78, 5) is 32.5. The third kappa shape index (κ3) is 5.64. The van der Waals surface area contributed by atoms with Crippen molar-refractivity contribution in [1.82, 2.24) is 14.8 Å². The number of aromatic nitrogens is 1. The number of amides is 1. The summed E-state index contributed by atoms with van der Waals surface area (Å²) in [5, 5.41) is 0. The fourth-order valence-electron chi connectivity index (χ4n) is 4.69. The minimum Gasteiger partial charge on any atom is -0.376 e. The van der Waals surface area contributed by atoms with E-state index >= 15 is 0 Å². The van der Waals surface area contributed by atoms with Gasteiger partial charge < -0.3 is 14.6 Å². The number of pyridine rings is 1. The van der Waals surface area contributed by atoms with Gasteiger partial charge in [-0.15, -0.1) is 0 Å². The normalized spacial score (nSPS) is 19.9. The highest BCUT2D eigenvalue weighted by Gasteiger charge is 2.29. The predicted molar refractivity (Wildman–Crippen MR) is 121 cm³/mol. The van der Waals surface area contributed by atoms with Crippen molar-refractivity contribution < 1.29 is 13.9 Å². The number of hydrogen-bond donors (Lipinski definition) is 1. The van der Waals surface area contributed by atoms with Gasteiger partial charge in [-0.2, -0.15) is 0 Å². The number of hydrogen-bond acceptors (Lipinski definition) is 4. The van der Waals surface area contributed by atoms with Gasteiger partial charge in [0.15, 0.2) is 0 Å². The number of benzene rings is 1. The Balaban J connectivity index is 1.39. The minimum absolute atomic E-state index is 0.0321. The van der Waals surface area contributed by atoms with Crippen LogP contribution in [0.5, 0.6) is 0 Å². The van der Waals surface area contributed by atoms with Crippen molar-refractivity contribution in [3.8, 4) is 0 Å². The molecule has 3 heterocycles. The van der Waals surface area contributed by atoms with Gasteiger partial charge in [0.2, 0.25) is 0 Å². The van der Waals surface area contributed by atoms with Crippen molar-refractivity contribution >= 4 is 5.91 Å². The number of nitrogens with zero attached hydrogens (tertiary/aromatic N) is 2. The Morgan fingerprint density at radius 1 is 1.16 bits per heavy atom. The molecule has 2 aromatic rings. The zero-order chi connectivity index (χ0) is 22.5. The van der Waals surface area contributed by atoms with E-state index in [1.165, 1.54) is 6.07 Å². The maximum Gasteiger partial charge on any atom is 0.260 e. The SMILES string of the molecule is Cc1ccc(C(=O)N(CC2CCN(Cc3ccccc3F)CC2)C[C@H]2CCCO2)c(=O)[nH]1. The molecule has 1 aromatic heterocycles. The maximum absolute atomic E-state index is 14.0. The lowest BCUT2D eigenvalue weighted by molar-refractivity contribution is 0.0443. The van der Waals surface area contributed by atoms with E-state index in [4.69, 9.17) is 4.74 Å². The molecule has 6 nitrogen and oxygen atoms in total. The average molecular weight is 442 g/mol. The van der Waals surface area contributed by atoms with Crippen molar-refractivity contribution in [2.24, 2.45) is 5.92 Å². The summed E-state index contributed by atoms with van der Waals surface area (Å²) in [5.41, 5.74) is 1.30. The molecule has 2 aliphatic rings. The van der Waals surface area contributed by atoms with Crippen LogP contribution in [0.4, 0.5) is 4.39 Å². The smallest absolute Gasteiger partial charge is 0.260 e. The summed E-state index contributed by atoms with van der Waals surface area (Å²) in [6, 6.07) is 10.3. The highest BCUT2D eigenvalue weighted by Crippen LogP contribution is 2.23. The molecule has 7 heteroatoms.